The number of amides is 2. The second-order valence-corrected chi connectivity index (χ2v) is 10.7. The third-order valence-electron chi connectivity index (χ3n) is 7.86. The first kappa shape index (κ1) is 30.6. The fourth-order valence-corrected chi connectivity index (χ4v) is 5.78. The van der Waals surface area contributed by atoms with Gasteiger partial charge in [-0.15, -0.1) is 0 Å². The van der Waals surface area contributed by atoms with Gasteiger partial charge in [0.1, 0.15) is 12.2 Å². The molecule has 4 rings (SSSR count). The summed E-state index contributed by atoms with van der Waals surface area (Å²) in [6, 6.07) is 12.2. The summed E-state index contributed by atoms with van der Waals surface area (Å²) in [6.07, 6.45) is 5.00. The molecule has 0 radical (unpaired) electrons. The van der Waals surface area contributed by atoms with Gasteiger partial charge in [-0.2, -0.15) is 0 Å². The lowest BCUT2D eigenvalue weighted by molar-refractivity contribution is -0.138. The van der Waals surface area contributed by atoms with E-state index in [2.05, 4.69) is 12.2 Å². The molecule has 0 saturated carbocycles. The summed E-state index contributed by atoms with van der Waals surface area (Å²) in [5.74, 6) is -0.378. The molecule has 0 fully saturated rings. The predicted octanol–water partition coefficient (Wildman–Crippen LogP) is 3.20. The molecular weight excluding hydrogens is 524 g/mol. The molecule has 1 aliphatic heterocycles. The molecule has 2 amide bonds. The first-order valence-corrected chi connectivity index (χ1v) is 14.5. The van der Waals surface area contributed by atoms with E-state index in [0.717, 1.165) is 37.7 Å². The SMILES string of the molecule is CCCCCCCC(=O)N(Cc1ccccc1)[C@@H]1C=C(C(=O)NCCO)[C@@H]2c3cc(CO)cc(OC)c3O[C@@H]2[C@H]1O. The lowest BCUT2D eigenvalue weighted by atomic mass is 9.77. The summed E-state index contributed by atoms with van der Waals surface area (Å²) in [6.45, 7) is 2.00. The molecule has 4 N–H and O–H groups in total. The van der Waals surface area contributed by atoms with Crippen LogP contribution in [0.1, 0.15) is 68.1 Å². The number of unbranched alkanes of at least 4 members (excludes halogenated alkanes) is 4. The highest BCUT2D eigenvalue weighted by molar-refractivity contribution is 5.96. The van der Waals surface area contributed by atoms with Crippen molar-refractivity contribution in [2.45, 2.75) is 82.8 Å². The number of nitrogens with zero attached hydrogens (tertiary/aromatic N) is 1. The van der Waals surface area contributed by atoms with Gasteiger partial charge in [0.15, 0.2) is 11.5 Å². The molecule has 0 aromatic heterocycles. The van der Waals surface area contributed by atoms with Crippen molar-refractivity contribution in [1.29, 1.82) is 0 Å². The second kappa shape index (κ2) is 14.5. The minimum Gasteiger partial charge on any atom is -0.493 e. The Morgan fingerprint density at radius 3 is 2.49 bits per heavy atom. The fourth-order valence-electron chi connectivity index (χ4n) is 5.78. The minimum atomic E-state index is -1.14. The third kappa shape index (κ3) is 6.92. The van der Waals surface area contributed by atoms with Crippen LogP contribution in [-0.4, -0.2) is 70.5 Å². The van der Waals surface area contributed by atoms with E-state index in [9.17, 15) is 24.9 Å². The minimum absolute atomic E-state index is 0.0545. The highest BCUT2D eigenvalue weighted by Gasteiger charge is 2.51. The van der Waals surface area contributed by atoms with Crippen LogP contribution in [0.4, 0.5) is 0 Å². The standard InChI is InChI=1S/C32H42N2O7/c1-3-4-5-6-10-13-27(37)34(19-21-11-8-7-9-12-21)25-18-24(32(39)33-14-15-35)28-23-16-22(20-36)17-26(40-2)30(23)41-31(28)29(25)38/h7-9,11-12,16-18,25,28-29,31,35-36,38H,3-6,10,13-15,19-20H2,1-2H3,(H,33,39)/t25-,28+,29+,31+/m1/s1. The highest BCUT2D eigenvalue weighted by atomic mass is 16.5. The number of rotatable bonds is 14. The smallest absolute Gasteiger partial charge is 0.247 e. The number of carbonyl (C=O) groups excluding carboxylic acids is 2. The van der Waals surface area contributed by atoms with Crippen LogP contribution in [0.25, 0.3) is 0 Å². The maximum atomic E-state index is 13.7. The summed E-state index contributed by atoms with van der Waals surface area (Å²) < 4.78 is 11.8. The summed E-state index contributed by atoms with van der Waals surface area (Å²) in [5.41, 5.74) is 2.45. The van der Waals surface area contributed by atoms with Crippen LogP contribution >= 0.6 is 0 Å². The summed E-state index contributed by atoms with van der Waals surface area (Å²) in [7, 11) is 1.49. The number of fused-ring (bicyclic) bond motifs is 3. The van der Waals surface area contributed by atoms with Crippen molar-refractivity contribution in [2.24, 2.45) is 0 Å². The van der Waals surface area contributed by atoms with E-state index in [1.165, 1.54) is 7.11 Å². The molecule has 4 atom stereocenters. The fraction of sp³-hybridized carbons (Fsp3) is 0.500. The summed E-state index contributed by atoms with van der Waals surface area (Å²) >= 11 is 0. The van der Waals surface area contributed by atoms with Gasteiger partial charge in [-0.05, 0) is 35.8 Å². The molecule has 9 nitrogen and oxygen atoms in total. The van der Waals surface area contributed by atoms with Crippen LogP contribution in [0.2, 0.25) is 0 Å². The Morgan fingerprint density at radius 2 is 1.80 bits per heavy atom. The topological polar surface area (TPSA) is 129 Å². The lowest BCUT2D eigenvalue weighted by Crippen LogP contribution is -2.55. The number of methoxy groups -OCH3 is 1. The number of aliphatic hydroxyl groups is 3. The van der Waals surface area contributed by atoms with Crippen LogP contribution < -0.4 is 14.8 Å². The van der Waals surface area contributed by atoms with Crippen molar-refractivity contribution in [2.75, 3.05) is 20.3 Å². The maximum Gasteiger partial charge on any atom is 0.247 e. The van der Waals surface area contributed by atoms with E-state index in [1.807, 2.05) is 30.3 Å². The Labute approximate surface area is 241 Å². The normalized spacial score (nSPS) is 20.9. The van der Waals surface area contributed by atoms with Gasteiger partial charge in [-0.1, -0.05) is 62.9 Å². The molecule has 41 heavy (non-hydrogen) atoms. The van der Waals surface area contributed by atoms with Crippen molar-refractivity contribution >= 4 is 11.8 Å². The quantitative estimate of drug-likeness (QED) is 0.259. The molecule has 2 aliphatic rings. The molecule has 1 heterocycles. The van der Waals surface area contributed by atoms with Crippen molar-refractivity contribution in [3.8, 4) is 11.5 Å². The highest BCUT2D eigenvalue weighted by Crippen LogP contribution is 2.51. The zero-order valence-electron chi connectivity index (χ0n) is 23.9. The number of hydrogen-bond donors (Lipinski definition) is 4. The molecule has 1 aliphatic carbocycles. The van der Waals surface area contributed by atoms with E-state index in [-0.39, 0.29) is 32.2 Å². The van der Waals surface area contributed by atoms with Gasteiger partial charge < -0.3 is 35.0 Å². The van der Waals surface area contributed by atoms with Crippen molar-refractivity contribution < 1.29 is 34.4 Å². The van der Waals surface area contributed by atoms with Gasteiger partial charge in [0.2, 0.25) is 11.8 Å². The van der Waals surface area contributed by atoms with E-state index in [0.29, 0.717) is 34.6 Å². The Bertz CT molecular complexity index is 1220. The van der Waals surface area contributed by atoms with Crippen LogP contribution in [0, 0.1) is 0 Å². The zero-order chi connectivity index (χ0) is 29.4. The maximum absolute atomic E-state index is 13.7. The van der Waals surface area contributed by atoms with Gasteiger partial charge in [-0.25, -0.2) is 0 Å². The number of hydrogen-bond acceptors (Lipinski definition) is 7. The monoisotopic (exact) mass is 566 g/mol. The Morgan fingerprint density at radius 1 is 1.05 bits per heavy atom. The van der Waals surface area contributed by atoms with Crippen LogP contribution in [0.3, 0.4) is 0 Å². The number of aliphatic hydroxyl groups excluding tert-OH is 3. The molecule has 9 heteroatoms. The molecule has 0 saturated heterocycles. The van der Waals surface area contributed by atoms with E-state index in [4.69, 9.17) is 9.47 Å². The van der Waals surface area contributed by atoms with E-state index < -0.39 is 30.1 Å². The average molecular weight is 567 g/mol. The molecule has 222 valence electrons. The molecule has 0 spiro atoms. The Balaban J connectivity index is 1.73. The molecule has 0 bridgehead atoms. The summed E-state index contributed by atoms with van der Waals surface area (Å²) in [4.78, 5) is 28.9. The first-order chi connectivity index (χ1) is 19.9. The lowest BCUT2D eigenvalue weighted by Gasteiger charge is -2.41. The van der Waals surface area contributed by atoms with Crippen molar-refractivity contribution in [1.82, 2.24) is 10.2 Å². The largest absolute Gasteiger partial charge is 0.493 e. The number of ether oxygens (including phenoxy) is 2. The number of benzene rings is 2. The second-order valence-electron chi connectivity index (χ2n) is 10.7. The molecule has 2 aromatic carbocycles. The van der Waals surface area contributed by atoms with Crippen LogP contribution in [0.5, 0.6) is 11.5 Å². The van der Waals surface area contributed by atoms with Gasteiger partial charge in [0.05, 0.1) is 32.3 Å². The number of carbonyl (C=O) groups is 2. The zero-order valence-corrected chi connectivity index (χ0v) is 23.9. The van der Waals surface area contributed by atoms with Gasteiger partial charge in [0.25, 0.3) is 0 Å². The molecular formula is C32H42N2O7. The van der Waals surface area contributed by atoms with Crippen molar-refractivity contribution in [3.05, 3.63) is 70.8 Å². The van der Waals surface area contributed by atoms with Gasteiger partial charge >= 0.3 is 0 Å². The van der Waals surface area contributed by atoms with E-state index in [1.54, 1.807) is 23.1 Å². The summed E-state index contributed by atoms with van der Waals surface area (Å²) in [5, 5.41) is 33.7. The first-order valence-electron chi connectivity index (χ1n) is 14.5. The van der Waals surface area contributed by atoms with Crippen molar-refractivity contribution in [3.63, 3.8) is 0 Å². The number of nitrogens with one attached hydrogen (secondary N) is 1. The van der Waals surface area contributed by atoms with E-state index >= 15 is 0 Å². The Hall–Kier alpha value is -3.40. The van der Waals surface area contributed by atoms with Crippen LogP contribution in [0.15, 0.2) is 54.1 Å². The van der Waals surface area contributed by atoms with Crippen LogP contribution in [-0.2, 0) is 22.7 Å². The third-order valence-corrected chi connectivity index (χ3v) is 7.86. The predicted molar refractivity (Wildman–Crippen MR) is 154 cm³/mol. The van der Waals surface area contributed by atoms with Gasteiger partial charge in [-0.3, -0.25) is 9.59 Å². The molecule has 2 aromatic rings. The van der Waals surface area contributed by atoms with Gasteiger partial charge in [0, 0.05) is 30.6 Å². The Kier molecular flexibility index (Phi) is 10.8. The molecule has 0 unspecified atom stereocenters. The average Bonchev–Trinajstić information content (AvgIpc) is 3.39.